The molecule has 2 aliphatic rings. The Morgan fingerprint density at radius 2 is 0.714 bits per heavy atom. The predicted octanol–water partition coefficient (Wildman–Crippen LogP) is 2.05. The van der Waals surface area contributed by atoms with Crippen molar-refractivity contribution in [1.82, 2.24) is 0 Å². The van der Waals surface area contributed by atoms with E-state index in [1.165, 1.54) is 62.2 Å². The van der Waals surface area contributed by atoms with Crippen molar-refractivity contribution in [3.05, 3.63) is 162 Å². The number of hydrogen-bond donors (Lipinski definition) is 0. The van der Waals surface area contributed by atoms with Gasteiger partial charge in [0.15, 0.2) is 0 Å². The summed E-state index contributed by atoms with van der Waals surface area (Å²) in [6, 6.07) is 39.1. The normalized spacial score (nSPS) is 13.6. The Balaban J connectivity index is 0.00000144. The molecule has 6 rings (SSSR count). The zero-order valence-corrected chi connectivity index (χ0v) is 23.0. The van der Waals surface area contributed by atoms with Crippen LogP contribution in [0.5, 0.6) is 0 Å². The Bertz CT molecular complexity index is 1380. The van der Waals surface area contributed by atoms with Gasteiger partial charge in [-0.3, -0.25) is 0 Å². The second-order valence-corrected chi connectivity index (χ2v) is 11.5. The standard InChI is InChI=1S/2C16H11.2ClH.Zr/c2*1-12-11-16(13-7-3-2-4-8-13)15-10-6-5-9-14(12)15;;;/h2*2-10H,1H2;2*1H;/q;;;;+2/p-2. The first-order valence-corrected chi connectivity index (χ1v) is 13.6. The maximum atomic E-state index is 4.60. The van der Waals surface area contributed by atoms with Crippen LogP contribution in [0.2, 0.25) is 0 Å². The van der Waals surface area contributed by atoms with E-state index in [9.17, 15) is 0 Å². The van der Waals surface area contributed by atoms with Gasteiger partial charge in [0.25, 0.3) is 0 Å². The monoisotopic (exact) mass is 566 g/mol. The zero-order valence-electron chi connectivity index (χ0n) is 19.1. The molecule has 3 heteroatoms. The van der Waals surface area contributed by atoms with Gasteiger partial charge >= 0.3 is 208 Å². The van der Waals surface area contributed by atoms with Crippen molar-refractivity contribution in [3.8, 4) is 0 Å². The Labute approximate surface area is 231 Å². The van der Waals surface area contributed by atoms with Crippen molar-refractivity contribution in [2.45, 2.75) is 0 Å². The van der Waals surface area contributed by atoms with Crippen molar-refractivity contribution in [1.29, 1.82) is 0 Å². The van der Waals surface area contributed by atoms with Crippen molar-refractivity contribution >= 4 is 22.3 Å². The zero-order chi connectivity index (χ0) is 22.4. The van der Waals surface area contributed by atoms with Crippen LogP contribution >= 0.6 is 0 Å². The smallest absolute Gasteiger partial charge is 1.00 e. The van der Waals surface area contributed by atoms with Crippen LogP contribution in [0.4, 0.5) is 0 Å². The minimum absolute atomic E-state index is 0. The van der Waals surface area contributed by atoms with Crippen LogP contribution in [-0.2, 0) is 23.2 Å². The number of fused-ring (bicyclic) bond motifs is 2. The van der Waals surface area contributed by atoms with Crippen LogP contribution in [-0.4, -0.2) is 0 Å². The maximum absolute atomic E-state index is 4.60. The average Bonchev–Trinajstić information content (AvgIpc) is 3.32. The minimum Gasteiger partial charge on any atom is -1.00 e. The van der Waals surface area contributed by atoms with Gasteiger partial charge in [0, 0.05) is 0 Å². The van der Waals surface area contributed by atoms with Crippen LogP contribution in [0, 0.1) is 0 Å². The van der Waals surface area contributed by atoms with E-state index >= 15 is 0 Å². The first-order valence-electron chi connectivity index (χ1n) is 11.2. The van der Waals surface area contributed by atoms with Gasteiger partial charge < -0.3 is 24.8 Å². The molecule has 0 unspecified atom stereocenters. The molecule has 0 saturated carbocycles. The molecular weight excluding hydrogens is 546 g/mol. The van der Waals surface area contributed by atoms with Gasteiger partial charge in [0.05, 0.1) is 0 Å². The molecule has 0 bridgehead atoms. The number of rotatable bonds is 4. The van der Waals surface area contributed by atoms with E-state index in [-0.39, 0.29) is 24.8 Å². The van der Waals surface area contributed by atoms with Gasteiger partial charge in [-0.25, -0.2) is 0 Å². The first-order chi connectivity index (χ1) is 16.2. The van der Waals surface area contributed by atoms with Crippen LogP contribution in [0.15, 0.2) is 129 Å². The Morgan fingerprint density at radius 3 is 1.09 bits per heavy atom. The van der Waals surface area contributed by atoms with Crippen molar-refractivity contribution in [2.75, 3.05) is 0 Å². The van der Waals surface area contributed by atoms with Gasteiger partial charge in [-0.1, -0.05) is 0 Å². The van der Waals surface area contributed by atoms with E-state index in [1.807, 2.05) is 0 Å². The van der Waals surface area contributed by atoms with E-state index in [2.05, 4.69) is 122 Å². The van der Waals surface area contributed by atoms with Gasteiger partial charge in [-0.15, -0.1) is 0 Å². The molecule has 0 atom stereocenters. The van der Waals surface area contributed by atoms with E-state index in [4.69, 9.17) is 0 Å². The predicted molar refractivity (Wildman–Crippen MR) is 136 cm³/mol. The number of benzene rings is 4. The van der Waals surface area contributed by atoms with Gasteiger partial charge in [-0.2, -0.15) is 0 Å². The second-order valence-electron chi connectivity index (χ2n) is 8.41. The number of allylic oxidation sites excluding steroid dienone is 4. The van der Waals surface area contributed by atoms with Gasteiger partial charge in [-0.05, 0) is 0 Å². The molecule has 0 spiro atoms. The topological polar surface area (TPSA) is 0 Å². The summed E-state index contributed by atoms with van der Waals surface area (Å²) in [5, 5.41) is 0. The summed E-state index contributed by atoms with van der Waals surface area (Å²) in [5.74, 6) is 0. The summed E-state index contributed by atoms with van der Waals surface area (Å²) in [5.41, 5.74) is 12.9. The second kappa shape index (κ2) is 10.5. The Kier molecular flexibility index (Phi) is 7.62. The molecule has 4 aromatic rings. The summed E-state index contributed by atoms with van der Waals surface area (Å²) < 4.78 is 2.92. The summed E-state index contributed by atoms with van der Waals surface area (Å²) in [6.45, 7) is 9.20. The van der Waals surface area contributed by atoms with Gasteiger partial charge in [0.2, 0.25) is 0 Å². The fraction of sp³-hybridized carbons (Fsp3) is 0. The molecule has 0 radical (unpaired) electrons. The third kappa shape index (κ3) is 4.27. The van der Waals surface area contributed by atoms with Gasteiger partial charge in [0.1, 0.15) is 0 Å². The minimum atomic E-state index is -1.26. The van der Waals surface area contributed by atoms with E-state index in [0.717, 1.165) is 0 Å². The molecule has 0 nitrogen and oxygen atoms in total. The fourth-order valence-electron chi connectivity index (χ4n) is 4.98. The molecule has 0 fully saturated rings. The molecule has 0 aliphatic heterocycles. The molecular formula is C32H22Cl2Zr. The average molecular weight is 569 g/mol. The molecule has 0 aromatic heterocycles. The molecule has 0 saturated heterocycles. The van der Waals surface area contributed by atoms with E-state index < -0.39 is 23.2 Å². The summed E-state index contributed by atoms with van der Waals surface area (Å²) in [7, 11) is 0. The SMILES string of the molecule is C=C1[C]([Zr+2][C]2=C(c3ccccc3)c3ccccc3C2=C)=C(c2ccccc2)c2ccccc21.[Cl-].[Cl-]. The third-order valence-corrected chi connectivity index (χ3v) is 10.5. The van der Waals surface area contributed by atoms with Crippen molar-refractivity contribution < 1.29 is 48.0 Å². The number of halogens is 2. The summed E-state index contributed by atoms with van der Waals surface area (Å²) in [6.07, 6.45) is 0. The summed E-state index contributed by atoms with van der Waals surface area (Å²) >= 11 is -1.26. The van der Waals surface area contributed by atoms with Crippen molar-refractivity contribution in [2.24, 2.45) is 0 Å². The Morgan fingerprint density at radius 1 is 0.400 bits per heavy atom. The molecule has 2 aliphatic carbocycles. The van der Waals surface area contributed by atoms with Crippen molar-refractivity contribution in [3.63, 3.8) is 0 Å². The summed E-state index contributed by atoms with van der Waals surface area (Å²) in [4.78, 5) is 0. The largest absolute Gasteiger partial charge is 1.00 e. The third-order valence-electron chi connectivity index (χ3n) is 6.52. The first kappa shape index (κ1) is 25.4. The molecule has 0 N–H and O–H groups in total. The molecule has 35 heavy (non-hydrogen) atoms. The fourth-order valence-corrected chi connectivity index (χ4v) is 8.98. The van der Waals surface area contributed by atoms with E-state index in [0.29, 0.717) is 0 Å². The van der Waals surface area contributed by atoms with Crippen LogP contribution in [0.1, 0.15) is 33.4 Å². The van der Waals surface area contributed by atoms with Crippen LogP contribution in [0.25, 0.3) is 22.3 Å². The van der Waals surface area contributed by atoms with E-state index in [1.54, 1.807) is 0 Å². The number of hydrogen-bond acceptors (Lipinski definition) is 0. The van der Waals surface area contributed by atoms with Crippen LogP contribution in [0.3, 0.4) is 0 Å². The molecule has 0 amide bonds. The quantitative estimate of drug-likeness (QED) is 0.354. The van der Waals surface area contributed by atoms with Crippen LogP contribution < -0.4 is 24.8 Å². The molecule has 4 aromatic carbocycles. The molecule has 168 valence electrons. The maximum Gasteiger partial charge on any atom is -1.00 e. The molecule has 0 heterocycles. The Hall–Kier alpha value is -2.70.